The molecule has 0 heterocycles. The molecule has 0 saturated heterocycles. The minimum atomic E-state index is -0.145. The Hall–Kier alpha value is -2.20. The van der Waals surface area contributed by atoms with Crippen LogP contribution in [-0.4, -0.2) is 19.6 Å². The first-order chi connectivity index (χ1) is 12.0. The Labute approximate surface area is 154 Å². The number of amides is 1. The second-order valence-corrected chi connectivity index (χ2v) is 6.64. The van der Waals surface area contributed by atoms with Gasteiger partial charge in [-0.2, -0.15) is 0 Å². The standard InChI is InChI=1S/C20H24ClNO3/c1-14(2)10-11-25-18-9-4-15(12-19(18)24-3)13-22-20(23)16-5-7-17(21)8-6-16/h4-9,12,14H,10-11,13H2,1-3H3,(H,22,23). The summed E-state index contributed by atoms with van der Waals surface area (Å²) >= 11 is 5.83. The van der Waals surface area contributed by atoms with E-state index in [1.54, 1.807) is 31.4 Å². The molecule has 134 valence electrons. The van der Waals surface area contributed by atoms with Crippen molar-refractivity contribution >= 4 is 17.5 Å². The molecule has 5 heteroatoms. The van der Waals surface area contributed by atoms with Gasteiger partial charge in [-0.1, -0.05) is 31.5 Å². The van der Waals surface area contributed by atoms with Gasteiger partial charge in [0.25, 0.3) is 5.91 Å². The molecule has 0 saturated carbocycles. The van der Waals surface area contributed by atoms with Crippen molar-refractivity contribution in [2.75, 3.05) is 13.7 Å². The number of carbonyl (C=O) groups excluding carboxylic acids is 1. The number of benzene rings is 2. The van der Waals surface area contributed by atoms with Crippen LogP contribution in [-0.2, 0) is 6.54 Å². The van der Waals surface area contributed by atoms with Crippen molar-refractivity contribution in [1.82, 2.24) is 5.32 Å². The molecule has 0 aliphatic heterocycles. The van der Waals surface area contributed by atoms with Gasteiger partial charge in [0.15, 0.2) is 11.5 Å². The molecule has 0 atom stereocenters. The van der Waals surface area contributed by atoms with Crippen molar-refractivity contribution in [3.63, 3.8) is 0 Å². The lowest BCUT2D eigenvalue weighted by Gasteiger charge is -2.13. The van der Waals surface area contributed by atoms with E-state index in [1.807, 2.05) is 18.2 Å². The predicted molar refractivity (Wildman–Crippen MR) is 101 cm³/mol. The third-order valence-electron chi connectivity index (χ3n) is 3.74. The van der Waals surface area contributed by atoms with E-state index in [4.69, 9.17) is 21.1 Å². The Morgan fingerprint density at radius 3 is 2.48 bits per heavy atom. The van der Waals surface area contributed by atoms with E-state index in [1.165, 1.54) is 0 Å². The summed E-state index contributed by atoms with van der Waals surface area (Å²) in [4.78, 5) is 12.1. The fourth-order valence-electron chi connectivity index (χ4n) is 2.23. The van der Waals surface area contributed by atoms with Gasteiger partial charge in [-0.3, -0.25) is 4.79 Å². The van der Waals surface area contributed by atoms with Gasteiger partial charge in [0.1, 0.15) is 0 Å². The van der Waals surface area contributed by atoms with Crippen LogP contribution in [0, 0.1) is 5.92 Å². The van der Waals surface area contributed by atoms with Crippen molar-refractivity contribution < 1.29 is 14.3 Å². The van der Waals surface area contributed by atoms with E-state index < -0.39 is 0 Å². The molecule has 1 amide bonds. The molecule has 0 spiro atoms. The maximum atomic E-state index is 12.1. The summed E-state index contributed by atoms with van der Waals surface area (Å²) in [6.07, 6.45) is 0.988. The van der Waals surface area contributed by atoms with Crippen LogP contribution >= 0.6 is 11.6 Å². The molecular formula is C20H24ClNO3. The molecule has 1 N–H and O–H groups in total. The lowest BCUT2D eigenvalue weighted by molar-refractivity contribution is 0.0951. The van der Waals surface area contributed by atoms with Crippen molar-refractivity contribution in [2.45, 2.75) is 26.8 Å². The molecule has 0 fully saturated rings. The summed E-state index contributed by atoms with van der Waals surface area (Å²) in [5.41, 5.74) is 1.51. The smallest absolute Gasteiger partial charge is 0.251 e. The zero-order valence-electron chi connectivity index (χ0n) is 14.8. The minimum Gasteiger partial charge on any atom is -0.493 e. The van der Waals surface area contributed by atoms with Gasteiger partial charge in [-0.15, -0.1) is 0 Å². The van der Waals surface area contributed by atoms with E-state index in [9.17, 15) is 4.79 Å². The van der Waals surface area contributed by atoms with Gasteiger partial charge in [-0.25, -0.2) is 0 Å². The van der Waals surface area contributed by atoms with E-state index in [2.05, 4.69) is 19.2 Å². The van der Waals surface area contributed by atoms with Gasteiger partial charge >= 0.3 is 0 Å². The molecule has 0 aliphatic carbocycles. The highest BCUT2D eigenvalue weighted by Crippen LogP contribution is 2.28. The van der Waals surface area contributed by atoms with E-state index >= 15 is 0 Å². The number of hydrogen-bond donors (Lipinski definition) is 1. The van der Waals surface area contributed by atoms with E-state index in [-0.39, 0.29) is 5.91 Å². The van der Waals surface area contributed by atoms with Crippen molar-refractivity contribution in [3.05, 3.63) is 58.6 Å². The fourth-order valence-corrected chi connectivity index (χ4v) is 2.36. The Morgan fingerprint density at radius 2 is 1.84 bits per heavy atom. The Balaban J connectivity index is 1.95. The summed E-state index contributed by atoms with van der Waals surface area (Å²) in [5.74, 6) is 1.83. The number of halogens is 1. The minimum absolute atomic E-state index is 0.145. The number of carbonyl (C=O) groups is 1. The Kier molecular flexibility index (Phi) is 7.14. The van der Waals surface area contributed by atoms with Crippen LogP contribution in [0.15, 0.2) is 42.5 Å². The maximum absolute atomic E-state index is 12.1. The second kappa shape index (κ2) is 9.33. The van der Waals surface area contributed by atoms with Gasteiger partial charge < -0.3 is 14.8 Å². The number of nitrogens with one attached hydrogen (secondary N) is 1. The molecule has 4 nitrogen and oxygen atoms in total. The second-order valence-electron chi connectivity index (χ2n) is 6.21. The number of hydrogen-bond acceptors (Lipinski definition) is 3. The SMILES string of the molecule is COc1cc(CNC(=O)c2ccc(Cl)cc2)ccc1OCCC(C)C. The monoisotopic (exact) mass is 361 g/mol. The highest BCUT2D eigenvalue weighted by atomic mass is 35.5. The fraction of sp³-hybridized carbons (Fsp3) is 0.350. The van der Waals surface area contributed by atoms with Crippen molar-refractivity contribution in [1.29, 1.82) is 0 Å². The van der Waals surface area contributed by atoms with Crippen LogP contribution in [0.4, 0.5) is 0 Å². The molecule has 0 radical (unpaired) electrons. The number of methoxy groups -OCH3 is 1. The van der Waals surface area contributed by atoms with Gasteiger partial charge in [0.2, 0.25) is 0 Å². The van der Waals surface area contributed by atoms with Crippen LogP contribution in [0.1, 0.15) is 36.2 Å². The summed E-state index contributed by atoms with van der Waals surface area (Å²) in [5, 5.41) is 3.49. The third kappa shape index (κ3) is 5.98. The lowest BCUT2D eigenvalue weighted by Crippen LogP contribution is -2.22. The maximum Gasteiger partial charge on any atom is 0.251 e. The van der Waals surface area contributed by atoms with Crippen LogP contribution in [0.5, 0.6) is 11.5 Å². The van der Waals surface area contributed by atoms with Gasteiger partial charge in [0.05, 0.1) is 13.7 Å². The van der Waals surface area contributed by atoms with Gasteiger partial charge in [0, 0.05) is 17.1 Å². The normalized spacial score (nSPS) is 10.6. The first kappa shape index (κ1) is 19.1. The van der Waals surface area contributed by atoms with E-state index in [0.717, 1.165) is 17.7 Å². The average Bonchev–Trinajstić information content (AvgIpc) is 2.60. The molecular weight excluding hydrogens is 338 g/mol. The molecule has 0 bridgehead atoms. The molecule has 2 aromatic carbocycles. The largest absolute Gasteiger partial charge is 0.493 e. The first-order valence-electron chi connectivity index (χ1n) is 8.33. The van der Waals surface area contributed by atoms with Crippen molar-refractivity contribution in [2.24, 2.45) is 5.92 Å². The topological polar surface area (TPSA) is 47.6 Å². The third-order valence-corrected chi connectivity index (χ3v) is 3.99. The Morgan fingerprint density at radius 1 is 1.12 bits per heavy atom. The van der Waals surface area contributed by atoms with Crippen LogP contribution in [0.2, 0.25) is 5.02 Å². The van der Waals surface area contributed by atoms with Gasteiger partial charge in [-0.05, 0) is 54.3 Å². The lowest BCUT2D eigenvalue weighted by atomic mass is 10.1. The average molecular weight is 362 g/mol. The first-order valence-corrected chi connectivity index (χ1v) is 8.71. The summed E-state index contributed by atoms with van der Waals surface area (Å²) in [6.45, 7) is 5.38. The molecule has 2 aromatic rings. The zero-order valence-corrected chi connectivity index (χ0v) is 15.6. The number of ether oxygens (including phenoxy) is 2. The van der Waals surface area contributed by atoms with Crippen LogP contribution in [0.25, 0.3) is 0 Å². The highest BCUT2D eigenvalue weighted by molar-refractivity contribution is 6.30. The van der Waals surface area contributed by atoms with E-state index in [0.29, 0.717) is 35.4 Å². The molecule has 0 unspecified atom stereocenters. The molecule has 25 heavy (non-hydrogen) atoms. The van der Waals surface area contributed by atoms with Crippen LogP contribution in [0.3, 0.4) is 0 Å². The highest BCUT2D eigenvalue weighted by Gasteiger charge is 2.09. The molecule has 2 rings (SSSR count). The number of rotatable bonds is 8. The summed E-state index contributed by atoms with van der Waals surface area (Å²) in [7, 11) is 1.61. The quantitative estimate of drug-likeness (QED) is 0.741. The molecule has 0 aliphatic rings. The summed E-state index contributed by atoms with van der Waals surface area (Å²) in [6, 6.07) is 12.5. The van der Waals surface area contributed by atoms with Crippen LogP contribution < -0.4 is 14.8 Å². The molecule has 0 aromatic heterocycles. The zero-order chi connectivity index (χ0) is 18.2. The predicted octanol–water partition coefficient (Wildman–Crippen LogP) is 4.70. The van der Waals surface area contributed by atoms with Crippen molar-refractivity contribution in [3.8, 4) is 11.5 Å². The summed E-state index contributed by atoms with van der Waals surface area (Å²) < 4.78 is 11.2. The Bertz CT molecular complexity index is 699.